The third kappa shape index (κ3) is 9.09. The Balaban J connectivity index is 2.20. The van der Waals surface area contributed by atoms with Gasteiger partial charge in [0.05, 0.1) is 5.56 Å². The molecule has 0 spiro atoms. The van der Waals surface area contributed by atoms with E-state index in [4.69, 9.17) is 23.7 Å². The van der Waals surface area contributed by atoms with Gasteiger partial charge in [-0.25, -0.2) is 19.2 Å². The molecule has 0 aromatic heterocycles. The third-order valence-electron chi connectivity index (χ3n) is 4.76. The Morgan fingerprint density at radius 1 is 0.658 bits per heavy atom. The largest absolute Gasteiger partial charge is 0.489 e. The predicted molar refractivity (Wildman–Crippen MR) is 140 cm³/mol. The van der Waals surface area contributed by atoms with E-state index in [9.17, 15) is 19.2 Å². The lowest BCUT2D eigenvalue weighted by atomic mass is 10.0. The SMILES string of the molecule is C=C(C)C(=O)OCCOC(=O)c1ccc(OCCOC(=O)C(=C)C)c(-c2ccc(OC(=O)C(=C)C)cc2)c1. The van der Waals surface area contributed by atoms with Crippen LogP contribution in [0.5, 0.6) is 11.5 Å². The summed E-state index contributed by atoms with van der Waals surface area (Å²) in [6.45, 7) is 15.0. The van der Waals surface area contributed by atoms with Crippen molar-refractivity contribution in [1.82, 2.24) is 0 Å². The minimum Gasteiger partial charge on any atom is -0.489 e. The minimum absolute atomic E-state index is 0.00633. The molecule has 9 heteroatoms. The van der Waals surface area contributed by atoms with Crippen molar-refractivity contribution < 1.29 is 42.9 Å². The number of hydrogen-bond donors (Lipinski definition) is 0. The summed E-state index contributed by atoms with van der Waals surface area (Å²) in [6, 6.07) is 11.2. The molecule has 9 nitrogen and oxygen atoms in total. The van der Waals surface area contributed by atoms with Crippen molar-refractivity contribution in [2.45, 2.75) is 20.8 Å². The van der Waals surface area contributed by atoms with Crippen LogP contribution in [0.25, 0.3) is 11.1 Å². The number of carbonyl (C=O) groups excluding carboxylic acids is 4. The monoisotopic (exact) mass is 522 g/mol. The quantitative estimate of drug-likeness (QED) is 0.122. The van der Waals surface area contributed by atoms with Gasteiger partial charge in [-0.15, -0.1) is 0 Å². The molecule has 0 atom stereocenters. The van der Waals surface area contributed by atoms with Crippen LogP contribution < -0.4 is 9.47 Å². The number of rotatable bonds is 13. The van der Waals surface area contributed by atoms with Gasteiger partial charge in [0.1, 0.15) is 37.9 Å². The van der Waals surface area contributed by atoms with Gasteiger partial charge in [-0.2, -0.15) is 0 Å². The second-order valence-electron chi connectivity index (χ2n) is 8.22. The maximum atomic E-state index is 12.6. The molecule has 2 aromatic rings. The fraction of sp³-hybridized carbons (Fsp3) is 0.241. The number of carbonyl (C=O) groups is 4. The lowest BCUT2D eigenvalue weighted by Crippen LogP contribution is -2.15. The normalized spacial score (nSPS) is 10.1. The first kappa shape index (κ1) is 29.6. The van der Waals surface area contributed by atoms with Crippen LogP contribution >= 0.6 is 0 Å². The molecule has 200 valence electrons. The van der Waals surface area contributed by atoms with Crippen LogP contribution in [0.2, 0.25) is 0 Å². The lowest BCUT2D eigenvalue weighted by molar-refractivity contribution is -0.140. The van der Waals surface area contributed by atoms with Gasteiger partial charge in [0, 0.05) is 22.3 Å². The number of benzene rings is 2. The van der Waals surface area contributed by atoms with Gasteiger partial charge in [-0.1, -0.05) is 31.9 Å². The Morgan fingerprint density at radius 3 is 1.74 bits per heavy atom. The summed E-state index contributed by atoms with van der Waals surface area (Å²) < 4.78 is 26.2. The van der Waals surface area contributed by atoms with E-state index in [1.807, 2.05) is 0 Å². The van der Waals surface area contributed by atoms with Gasteiger partial charge in [-0.05, 0) is 56.7 Å². The highest BCUT2D eigenvalue weighted by molar-refractivity contribution is 5.92. The Hall–Kier alpha value is -4.66. The van der Waals surface area contributed by atoms with Gasteiger partial charge >= 0.3 is 23.9 Å². The Bertz CT molecular complexity index is 1240. The molecule has 2 aromatic carbocycles. The standard InChI is InChI=1S/C29H30O9/c1-18(2)26(30)35-14-13-34-25-12-9-22(29(33)37-16-15-36-27(31)19(3)4)17-24(25)21-7-10-23(11-8-21)38-28(32)20(5)6/h7-12,17H,1,3,5,13-16H2,2,4,6H3. The molecule has 0 heterocycles. The highest BCUT2D eigenvalue weighted by atomic mass is 16.6. The molecule has 0 saturated heterocycles. The van der Waals surface area contributed by atoms with E-state index >= 15 is 0 Å². The van der Waals surface area contributed by atoms with E-state index in [2.05, 4.69) is 19.7 Å². The first-order valence-electron chi connectivity index (χ1n) is 11.6. The van der Waals surface area contributed by atoms with E-state index in [0.29, 0.717) is 22.6 Å². The van der Waals surface area contributed by atoms with E-state index in [1.54, 1.807) is 50.2 Å². The van der Waals surface area contributed by atoms with E-state index in [-0.39, 0.29) is 48.7 Å². The molecule has 2 rings (SSSR count). The van der Waals surface area contributed by atoms with Crippen molar-refractivity contribution in [2.24, 2.45) is 0 Å². The zero-order chi connectivity index (χ0) is 28.2. The molecule has 38 heavy (non-hydrogen) atoms. The maximum absolute atomic E-state index is 12.6. The van der Waals surface area contributed by atoms with Crippen LogP contribution in [0.4, 0.5) is 0 Å². The number of ether oxygens (including phenoxy) is 5. The summed E-state index contributed by atoms with van der Waals surface area (Å²) in [5.41, 5.74) is 2.20. The second kappa shape index (κ2) is 14.2. The Kier molecular flexibility index (Phi) is 11.0. The van der Waals surface area contributed by atoms with Crippen LogP contribution in [0, 0.1) is 0 Å². The predicted octanol–water partition coefficient (Wildman–Crippen LogP) is 4.61. The van der Waals surface area contributed by atoms with Crippen LogP contribution in [0.1, 0.15) is 31.1 Å². The molecule has 0 aliphatic carbocycles. The smallest absolute Gasteiger partial charge is 0.338 e. The van der Waals surface area contributed by atoms with Crippen molar-refractivity contribution in [1.29, 1.82) is 0 Å². The zero-order valence-corrected chi connectivity index (χ0v) is 21.7. The van der Waals surface area contributed by atoms with E-state index < -0.39 is 23.9 Å². The first-order chi connectivity index (χ1) is 18.0. The Labute approximate surface area is 221 Å². The van der Waals surface area contributed by atoms with Crippen molar-refractivity contribution in [2.75, 3.05) is 26.4 Å². The van der Waals surface area contributed by atoms with Crippen LogP contribution in [0.15, 0.2) is 78.9 Å². The molecule has 0 fully saturated rings. The maximum Gasteiger partial charge on any atom is 0.338 e. The van der Waals surface area contributed by atoms with E-state index in [0.717, 1.165) is 0 Å². The zero-order valence-electron chi connectivity index (χ0n) is 21.7. The lowest BCUT2D eigenvalue weighted by Gasteiger charge is -2.14. The Morgan fingerprint density at radius 2 is 1.18 bits per heavy atom. The van der Waals surface area contributed by atoms with Gasteiger partial charge in [-0.3, -0.25) is 0 Å². The number of hydrogen-bond acceptors (Lipinski definition) is 9. The molecule has 0 amide bonds. The van der Waals surface area contributed by atoms with Crippen molar-refractivity contribution in [3.63, 3.8) is 0 Å². The van der Waals surface area contributed by atoms with Gasteiger partial charge in [0.2, 0.25) is 0 Å². The summed E-state index contributed by atoms with van der Waals surface area (Å²) in [5, 5.41) is 0. The summed E-state index contributed by atoms with van der Waals surface area (Å²) >= 11 is 0. The second-order valence-corrected chi connectivity index (χ2v) is 8.22. The van der Waals surface area contributed by atoms with Gasteiger partial charge < -0.3 is 23.7 Å². The molecular formula is C29H30O9. The fourth-order valence-corrected chi connectivity index (χ4v) is 2.79. The topological polar surface area (TPSA) is 114 Å². The molecule has 0 N–H and O–H groups in total. The van der Waals surface area contributed by atoms with Crippen molar-refractivity contribution in [3.05, 3.63) is 84.5 Å². The van der Waals surface area contributed by atoms with Crippen molar-refractivity contribution >= 4 is 23.9 Å². The van der Waals surface area contributed by atoms with Crippen LogP contribution in [-0.2, 0) is 28.6 Å². The van der Waals surface area contributed by atoms with Gasteiger partial charge in [0.15, 0.2) is 0 Å². The molecule has 0 aliphatic rings. The molecule has 0 radical (unpaired) electrons. The van der Waals surface area contributed by atoms with Gasteiger partial charge in [0.25, 0.3) is 0 Å². The fourth-order valence-electron chi connectivity index (χ4n) is 2.79. The van der Waals surface area contributed by atoms with Crippen molar-refractivity contribution in [3.8, 4) is 22.6 Å². The average Bonchev–Trinajstić information content (AvgIpc) is 2.88. The highest BCUT2D eigenvalue weighted by Crippen LogP contribution is 2.32. The van der Waals surface area contributed by atoms with Crippen LogP contribution in [-0.4, -0.2) is 50.3 Å². The third-order valence-corrected chi connectivity index (χ3v) is 4.76. The van der Waals surface area contributed by atoms with Crippen LogP contribution in [0.3, 0.4) is 0 Å². The first-order valence-corrected chi connectivity index (χ1v) is 11.6. The summed E-state index contributed by atoms with van der Waals surface area (Å²) in [6.07, 6.45) is 0. The summed E-state index contributed by atoms with van der Waals surface area (Å²) in [5.74, 6) is -1.56. The molecular weight excluding hydrogens is 492 g/mol. The molecule has 0 saturated carbocycles. The highest BCUT2D eigenvalue weighted by Gasteiger charge is 2.15. The summed E-state index contributed by atoms with van der Waals surface area (Å²) in [4.78, 5) is 47.4. The number of esters is 4. The molecule has 0 bridgehead atoms. The summed E-state index contributed by atoms with van der Waals surface area (Å²) in [7, 11) is 0. The molecule has 0 unspecified atom stereocenters. The molecule has 0 aliphatic heterocycles. The van der Waals surface area contributed by atoms with E-state index in [1.165, 1.54) is 13.0 Å². The average molecular weight is 523 g/mol. The minimum atomic E-state index is -0.633.